The minimum absolute atomic E-state index is 0.0206. The number of hydrogen-bond donors (Lipinski definition) is 0. The van der Waals surface area contributed by atoms with E-state index in [0.29, 0.717) is 18.2 Å². The third-order valence-electron chi connectivity index (χ3n) is 5.79. The summed E-state index contributed by atoms with van der Waals surface area (Å²) in [6.45, 7) is 4.37. The first-order valence-electron chi connectivity index (χ1n) is 10.5. The highest BCUT2D eigenvalue weighted by Gasteiger charge is 2.23. The molecule has 0 spiro atoms. The highest BCUT2D eigenvalue weighted by Crippen LogP contribution is 2.27. The summed E-state index contributed by atoms with van der Waals surface area (Å²) in [5.41, 5.74) is 2.29. The molecule has 0 aromatic carbocycles. The first-order chi connectivity index (χ1) is 15.2. The van der Waals surface area contributed by atoms with Gasteiger partial charge in [-0.05, 0) is 49.9 Å². The van der Waals surface area contributed by atoms with E-state index < -0.39 is 0 Å². The van der Waals surface area contributed by atoms with Crippen LogP contribution in [0.3, 0.4) is 0 Å². The number of aryl methyl sites for hydroxylation is 1. The zero-order valence-electron chi connectivity index (χ0n) is 17.3. The Morgan fingerprint density at radius 1 is 1.03 bits per heavy atom. The first kappa shape index (κ1) is 19.3. The number of hydrogen-bond acceptors (Lipinski definition) is 7. The van der Waals surface area contributed by atoms with Crippen LogP contribution in [-0.2, 0) is 6.54 Å². The molecule has 1 aliphatic heterocycles. The van der Waals surface area contributed by atoms with Crippen LogP contribution in [0, 0.1) is 12.8 Å². The van der Waals surface area contributed by atoms with Crippen molar-refractivity contribution < 1.29 is 0 Å². The van der Waals surface area contributed by atoms with Gasteiger partial charge in [0.05, 0.1) is 17.4 Å². The van der Waals surface area contributed by atoms with Crippen molar-refractivity contribution in [2.45, 2.75) is 26.3 Å². The molecule has 0 unspecified atom stereocenters. The van der Waals surface area contributed by atoms with Crippen LogP contribution >= 0.6 is 0 Å². The van der Waals surface area contributed by atoms with E-state index in [9.17, 15) is 4.79 Å². The van der Waals surface area contributed by atoms with Gasteiger partial charge in [-0.2, -0.15) is 0 Å². The van der Waals surface area contributed by atoms with Gasteiger partial charge in [0.25, 0.3) is 5.56 Å². The minimum atomic E-state index is -0.0206. The second-order valence-electron chi connectivity index (χ2n) is 7.90. The molecule has 0 radical (unpaired) electrons. The summed E-state index contributed by atoms with van der Waals surface area (Å²) in [4.78, 5) is 36.9. The molecule has 0 aliphatic carbocycles. The average Bonchev–Trinajstić information content (AvgIpc) is 2.81. The number of fused-ring (bicyclic) bond motifs is 1. The Balaban J connectivity index is 1.28. The molecule has 0 bridgehead atoms. The lowest BCUT2D eigenvalue weighted by Gasteiger charge is -2.33. The van der Waals surface area contributed by atoms with Crippen LogP contribution in [0.4, 0.5) is 5.82 Å². The summed E-state index contributed by atoms with van der Waals surface area (Å²) < 4.78 is 1.72. The van der Waals surface area contributed by atoms with Crippen LogP contribution in [0.2, 0.25) is 0 Å². The van der Waals surface area contributed by atoms with Crippen molar-refractivity contribution in [1.29, 1.82) is 0 Å². The Bertz CT molecular complexity index is 1260. The fourth-order valence-corrected chi connectivity index (χ4v) is 4.14. The van der Waals surface area contributed by atoms with Gasteiger partial charge in [0.1, 0.15) is 11.6 Å². The van der Waals surface area contributed by atoms with Crippen molar-refractivity contribution in [2.24, 2.45) is 5.92 Å². The van der Waals surface area contributed by atoms with Gasteiger partial charge < -0.3 is 4.90 Å². The standard InChI is InChI=1S/C23H23N7O/c1-16-27-22-19(3-2-8-25-22)23(28-16)29-11-6-17(7-12-29)14-30-15-26-20(13-21(30)31)18-4-9-24-10-5-18/h2-5,8-10,13,15,17H,6-7,11-12,14H2,1H3. The molecule has 1 saturated heterocycles. The number of aromatic nitrogens is 6. The quantitative estimate of drug-likeness (QED) is 0.508. The Morgan fingerprint density at radius 2 is 1.84 bits per heavy atom. The van der Waals surface area contributed by atoms with E-state index in [1.807, 2.05) is 31.2 Å². The summed E-state index contributed by atoms with van der Waals surface area (Å²) in [6, 6.07) is 9.27. The maximum absolute atomic E-state index is 12.6. The van der Waals surface area contributed by atoms with Crippen molar-refractivity contribution >= 4 is 16.9 Å². The van der Waals surface area contributed by atoms with Gasteiger partial charge in [-0.25, -0.2) is 19.9 Å². The summed E-state index contributed by atoms with van der Waals surface area (Å²) in [5.74, 6) is 2.11. The van der Waals surface area contributed by atoms with Crippen LogP contribution in [-0.4, -0.2) is 42.6 Å². The number of rotatable bonds is 4. The molecule has 5 rings (SSSR count). The number of anilines is 1. The van der Waals surface area contributed by atoms with E-state index in [4.69, 9.17) is 4.98 Å². The zero-order valence-corrected chi connectivity index (χ0v) is 17.3. The van der Waals surface area contributed by atoms with Crippen molar-refractivity contribution in [2.75, 3.05) is 18.0 Å². The van der Waals surface area contributed by atoms with Gasteiger partial charge in [0.2, 0.25) is 0 Å². The van der Waals surface area contributed by atoms with Crippen LogP contribution in [0.1, 0.15) is 18.7 Å². The first-order valence-corrected chi connectivity index (χ1v) is 10.5. The lowest BCUT2D eigenvalue weighted by molar-refractivity contribution is 0.350. The summed E-state index contributed by atoms with van der Waals surface area (Å²) >= 11 is 0. The molecule has 31 heavy (non-hydrogen) atoms. The second-order valence-corrected chi connectivity index (χ2v) is 7.90. The zero-order chi connectivity index (χ0) is 21.2. The van der Waals surface area contributed by atoms with Crippen molar-refractivity contribution in [1.82, 2.24) is 29.5 Å². The molecular weight excluding hydrogens is 390 g/mol. The third kappa shape index (κ3) is 4.01. The van der Waals surface area contributed by atoms with E-state index in [1.165, 1.54) is 0 Å². The Kier molecular flexibility index (Phi) is 5.11. The highest BCUT2D eigenvalue weighted by atomic mass is 16.1. The van der Waals surface area contributed by atoms with Gasteiger partial charge in [-0.1, -0.05) is 0 Å². The molecule has 156 valence electrons. The van der Waals surface area contributed by atoms with Crippen molar-refractivity contribution in [3.63, 3.8) is 0 Å². The maximum atomic E-state index is 12.6. The maximum Gasteiger partial charge on any atom is 0.253 e. The summed E-state index contributed by atoms with van der Waals surface area (Å²) in [5, 5.41) is 0.985. The molecule has 1 fully saturated rings. The predicted molar refractivity (Wildman–Crippen MR) is 119 cm³/mol. The van der Waals surface area contributed by atoms with Gasteiger partial charge in [-0.3, -0.25) is 14.3 Å². The Labute approximate surface area is 179 Å². The van der Waals surface area contributed by atoms with E-state index in [2.05, 4.69) is 24.8 Å². The molecule has 5 heterocycles. The normalized spacial score (nSPS) is 14.8. The molecule has 8 heteroatoms. The van der Waals surface area contributed by atoms with Gasteiger partial charge in [0.15, 0.2) is 5.65 Å². The molecule has 4 aromatic heterocycles. The Morgan fingerprint density at radius 3 is 2.61 bits per heavy atom. The SMILES string of the molecule is Cc1nc(N2CCC(Cn3cnc(-c4ccncc4)cc3=O)CC2)c2cccnc2n1. The minimum Gasteiger partial charge on any atom is -0.356 e. The van der Waals surface area contributed by atoms with E-state index in [-0.39, 0.29) is 5.56 Å². The van der Waals surface area contributed by atoms with Crippen molar-refractivity contribution in [3.8, 4) is 11.3 Å². The molecule has 0 amide bonds. The lowest BCUT2D eigenvalue weighted by Crippen LogP contribution is -2.37. The van der Waals surface area contributed by atoms with Crippen LogP contribution in [0.15, 0.2) is 60.0 Å². The second kappa shape index (κ2) is 8.22. The van der Waals surface area contributed by atoms with E-state index in [1.54, 1.807) is 35.6 Å². The predicted octanol–water partition coefficient (Wildman–Crippen LogP) is 2.87. The molecule has 8 nitrogen and oxygen atoms in total. The average molecular weight is 413 g/mol. The monoisotopic (exact) mass is 413 g/mol. The fraction of sp³-hybridized carbons (Fsp3) is 0.304. The molecule has 1 aliphatic rings. The van der Waals surface area contributed by atoms with Crippen LogP contribution in [0.5, 0.6) is 0 Å². The highest BCUT2D eigenvalue weighted by molar-refractivity contribution is 5.86. The lowest BCUT2D eigenvalue weighted by atomic mass is 9.96. The number of pyridine rings is 2. The van der Waals surface area contributed by atoms with E-state index in [0.717, 1.165) is 54.2 Å². The molecular formula is C23H23N7O. The summed E-state index contributed by atoms with van der Waals surface area (Å²) in [7, 11) is 0. The third-order valence-corrected chi connectivity index (χ3v) is 5.79. The smallest absolute Gasteiger partial charge is 0.253 e. The fourth-order valence-electron chi connectivity index (χ4n) is 4.14. The molecule has 0 N–H and O–H groups in total. The van der Waals surface area contributed by atoms with Gasteiger partial charge >= 0.3 is 0 Å². The topological polar surface area (TPSA) is 89.7 Å². The van der Waals surface area contributed by atoms with Crippen molar-refractivity contribution in [3.05, 3.63) is 71.4 Å². The number of nitrogens with zero attached hydrogens (tertiary/aromatic N) is 7. The van der Waals surface area contributed by atoms with E-state index >= 15 is 0 Å². The van der Waals surface area contributed by atoms with Crippen LogP contribution in [0.25, 0.3) is 22.3 Å². The number of piperidine rings is 1. The van der Waals surface area contributed by atoms with Gasteiger partial charge in [0, 0.05) is 49.9 Å². The largest absolute Gasteiger partial charge is 0.356 e. The summed E-state index contributed by atoms with van der Waals surface area (Å²) in [6.07, 6.45) is 8.81. The van der Waals surface area contributed by atoms with Crippen LogP contribution < -0.4 is 10.5 Å². The Hall–Kier alpha value is -3.68. The molecule has 0 atom stereocenters. The molecule has 4 aromatic rings. The van der Waals surface area contributed by atoms with Gasteiger partial charge in [-0.15, -0.1) is 0 Å². The molecule has 0 saturated carbocycles.